The van der Waals surface area contributed by atoms with Crippen LogP contribution in [0.1, 0.15) is 10.4 Å². The molecule has 0 saturated carbocycles. The molecule has 0 bridgehead atoms. The Hall–Kier alpha value is -3.02. The summed E-state index contributed by atoms with van der Waals surface area (Å²) in [5, 5.41) is 9.32. The second kappa shape index (κ2) is 5.31. The van der Waals surface area contributed by atoms with Crippen molar-refractivity contribution in [2.45, 2.75) is 0 Å². The molecule has 1 aromatic carbocycles. The zero-order chi connectivity index (χ0) is 13.8. The minimum absolute atomic E-state index is 0.222. The molecule has 2 heterocycles. The summed E-state index contributed by atoms with van der Waals surface area (Å²) in [6, 6.07) is 14.4. The number of hydrogen-bond acceptors (Lipinski definition) is 4. The van der Waals surface area contributed by atoms with E-state index in [9.17, 15) is 4.79 Å². The molecule has 0 saturated heterocycles. The maximum Gasteiger partial charge on any atom is 0.258 e. The molecule has 0 atom stereocenters. The third-order valence-corrected chi connectivity index (χ3v) is 2.65. The summed E-state index contributed by atoms with van der Waals surface area (Å²) in [4.78, 5) is 20.3. The predicted molar refractivity (Wildman–Crippen MR) is 74.0 cm³/mol. The van der Waals surface area contributed by atoms with E-state index in [1.165, 1.54) is 0 Å². The van der Waals surface area contributed by atoms with Crippen LogP contribution in [0.3, 0.4) is 0 Å². The first kappa shape index (κ1) is 12.0. The van der Waals surface area contributed by atoms with Crippen LogP contribution in [0.15, 0.2) is 54.7 Å². The van der Waals surface area contributed by atoms with Gasteiger partial charge in [-0.1, -0.05) is 24.3 Å². The number of carbonyl (C=O) groups is 1. The fourth-order valence-corrected chi connectivity index (χ4v) is 1.70. The first-order chi connectivity index (χ1) is 9.83. The van der Waals surface area contributed by atoms with Gasteiger partial charge >= 0.3 is 0 Å². The number of anilines is 1. The van der Waals surface area contributed by atoms with Crippen LogP contribution in [0.2, 0.25) is 0 Å². The number of rotatable bonds is 3. The van der Waals surface area contributed by atoms with Crippen molar-refractivity contribution in [3.05, 3.63) is 60.3 Å². The number of nitrogens with zero attached hydrogens (tertiary/aromatic N) is 3. The lowest BCUT2D eigenvalue weighted by Crippen LogP contribution is -2.12. The molecule has 0 fully saturated rings. The number of hydrogen-bond donors (Lipinski definition) is 2. The quantitative estimate of drug-likeness (QED) is 0.759. The van der Waals surface area contributed by atoms with Crippen LogP contribution in [0, 0.1) is 0 Å². The lowest BCUT2D eigenvalue weighted by Gasteiger charge is -1.99. The molecular weight excluding hydrogens is 254 g/mol. The lowest BCUT2D eigenvalue weighted by molar-refractivity contribution is 0.102. The summed E-state index contributed by atoms with van der Waals surface area (Å²) < 4.78 is 0. The summed E-state index contributed by atoms with van der Waals surface area (Å²) in [5.74, 6) is 0.477. The van der Waals surface area contributed by atoms with Crippen LogP contribution in [0.4, 0.5) is 5.95 Å². The van der Waals surface area contributed by atoms with Crippen LogP contribution in [-0.4, -0.2) is 26.1 Å². The summed E-state index contributed by atoms with van der Waals surface area (Å²) in [6.45, 7) is 0. The summed E-state index contributed by atoms with van der Waals surface area (Å²) >= 11 is 0. The molecule has 1 amide bonds. The van der Waals surface area contributed by atoms with Crippen LogP contribution < -0.4 is 5.32 Å². The van der Waals surface area contributed by atoms with E-state index in [-0.39, 0.29) is 11.9 Å². The third kappa shape index (κ3) is 2.54. The van der Waals surface area contributed by atoms with Crippen LogP contribution in [-0.2, 0) is 0 Å². The molecular formula is C14H11N5O. The average Bonchev–Trinajstić information content (AvgIpc) is 2.97. The topological polar surface area (TPSA) is 83.6 Å². The Balaban J connectivity index is 1.77. The van der Waals surface area contributed by atoms with E-state index >= 15 is 0 Å². The van der Waals surface area contributed by atoms with Crippen molar-refractivity contribution < 1.29 is 4.79 Å². The molecule has 0 aliphatic carbocycles. The number of nitrogens with one attached hydrogen (secondary N) is 2. The van der Waals surface area contributed by atoms with Crippen molar-refractivity contribution in [1.29, 1.82) is 0 Å². The van der Waals surface area contributed by atoms with E-state index < -0.39 is 0 Å². The number of pyridine rings is 1. The van der Waals surface area contributed by atoms with Crippen molar-refractivity contribution in [2.24, 2.45) is 0 Å². The molecule has 0 aliphatic rings. The fraction of sp³-hybridized carbons (Fsp3) is 0. The molecule has 0 radical (unpaired) electrons. The van der Waals surface area contributed by atoms with Crippen LogP contribution in [0.5, 0.6) is 0 Å². The van der Waals surface area contributed by atoms with E-state index in [0.29, 0.717) is 17.1 Å². The summed E-state index contributed by atoms with van der Waals surface area (Å²) in [7, 11) is 0. The van der Waals surface area contributed by atoms with Crippen LogP contribution in [0.25, 0.3) is 11.5 Å². The normalized spacial score (nSPS) is 10.2. The zero-order valence-electron chi connectivity index (χ0n) is 10.4. The van der Waals surface area contributed by atoms with Crippen LogP contribution >= 0.6 is 0 Å². The van der Waals surface area contributed by atoms with Gasteiger partial charge in [0.2, 0.25) is 5.95 Å². The minimum Gasteiger partial charge on any atom is -0.289 e. The highest BCUT2D eigenvalue weighted by molar-refractivity contribution is 6.03. The molecule has 6 nitrogen and oxygen atoms in total. The summed E-state index contributed by atoms with van der Waals surface area (Å²) in [5.41, 5.74) is 1.22. The number of H-pyrrole nitrogens is 1. The molecule has 6 heteroatoms. The second-order valence-corrected chi connectivity index (χ2v) is 4.04. The zero-order valence-corrected chi connectivity index (χ0v) is 10.4. The first-order valence-corrected chi connectivity index (χ1v) is 6.03. The Morgan fingerprint density at radius 2 is 1.85 bits per heavy atom. The lowest BCUT2D eigenvalue weighted by atomic mass is 10.2. The van der Waals surface area contributed by atoms with Gasteiger partial charge in [0.25, 0.3) is 5.91 Å². The van der Waals surface area contributed by atoms with Crippen molar-refractivity contribution in [1.82, 2.24) is 20.2 Å². The number of carbonyl (C=O) groups excluding carboxylic acids is 1. The maximum absolute atomic E-state index is 11.9. The largest absolute Gasteiger partial charge is 0.289 e. The molecule has 2 N–H and O–H groups in total. The fourth-order valence-electron chi connectivity index (χ4n) is 1.70. The first-order valence-electron chi connectivity index (χ1n) is 6.03. The Kier molecular flexibility index (Phi) is 3.20. The van der Waals surface area contributed by atoms with E-state index in [2.05, 4.69) is 25.5 Å². The Morgan fingerprint density at radius 3 is 2.60 bits per heavy atom. The molecule has 98 valence electrons. The van der Waals surface area contributed by atoms with Gasteiger partial charge in [0.1, 0.15) is 5.69 Å². The van der Waals surface area contributed by atoms with E-state index in [0.717, 1.165) is 0 Å². The standard InChI is InChI=1S/C14H11N5O/c20-13(10-6-2-1-3-7-10)17-14-16-12(18-19-14)11-8-4-5-9-15-11/h1-9H,(H2,16,17,18,19,20). The monoisotopic (exact) mass is 265 g/mol. The maximum atomic E-state index is 11.9. The highest BCUT2D eigenvalue weighted by Gasteiger charge is 2.10. The number of aromatic amines is 1. The van der Waals surface area contributed by atoms with Gasteiger partial charge in [-0.25, -0.2) is 0 Å². The van der Waals surface area contributed by atoms with Crippen molar-refractivity contribution in [3.63, 3.8) is 0 Å². The molecule has 3 aromatic rings. The van der Waals surface area contributed by atoms with Crippen molar-refractivity contribution in [2.75, 3.05) is 5.32 Å². The molecule has 3 rings (SSSR count). The Bertz CT molecular complexity index is 709. The smallest absolute Gasteiger partial charge is 0.258 e. The number of aromatic nitrogens is 4. The highest BCUT2D eigenvalue weighted by Crippen LogP contribution is 2.12. The van der Waals surface area contributed by atoms with Gasteiger partial charge in [0.15, 0.2) is 5.82 Å². The summed E-state index contributed by atoms with van der Waals surface area (Å²) in [6.07, 6.45) is 1.67. The molecule has 2 aromatic heterocycles. The molecule has 0 aliphatic heterocycles. The molecule has 20 heavy (non-hydrogen) atoms. The van der Waals surface area contributed by atoms with Crippen molar-refractivity contribution >= 4 is 11.9 Å². The van der Waals surface area contributed by atoms with E-state index in [4.69, 9.17) is 0 Å². The number of benzene rings is 1. The van der Waals surface area contributed by atoms with E-state index in [1.54, 1.807) is 30.5 Å². The molecule has 0 unspecified atom stereocenters. The SMILES string of the molecule is O=C(Nc1n[nH]c(-c2ccccn2)n1)c1ccccc1. The third-order valence-electron chi connectivity index (χ3n) is 2.65. The van der Waals surface area contributed by atoms with E-state index in [1.807, 2.05) is 24.3 Å². The van der Waals surface area contributed by atoms with Gasteiger partial charge in [-0.15, -0.1) is 5.10 Å². The minimum atomic E-state index is -0.253. The van der Waals surface area contributed by atoms with Gasteiger partial charge in [0.05, 0.1) is 0 Å². The van der Waals surface area contributed by atoms with Crippen molar-refractivity contribution in [3.8, 4) is 11.5 Å². The van der Waals surface area contributed by atoms with Gasteiger partial charge in [-0.2, -0.15) is 4.98 Å². The molecule has 0 spiro atoms. The Morgan fingerprint density at radius 1 is 1.05 bits per heavy atom. The number of amides is 1. The van der Waals surface area contributed by atoms with Gasteiger partial charge in [-0.05, 0) is 24.3 Å². The second-order valence-electron chi connectivity index (χ2n) is 4.04. The van der Waals surface area contributed by atoms with Gasteiger partial charge in [-0.3, -0.25) is 20.2 Å². The highest BCUT2D eigenvalue weighted by atomic mass is 16.1. The predicted octanol–water partition coefficient (Wildman–Crippen LogP) is 2.12. The average molecular weight is 265 g/mol. The Labute approximate surface area is 114 Å². The van der Waals surface area contributed by atoms with Gasteiger partial charge < -0.3 is 0 Å². The van der Waals surface area contributed by atoms with Gasteiger partial charge in [0, 0.05) is 11.8 Å².